The van der Waals surface area contributed by atoms with Crippen molar-refractivity contribution >= 4 is 34.7 Å². The minimum Gasteiger partial charge on any atom is -0.481 e. The van der Waals surface area contributed by atoms with E-state index in [1.165, 1.54) is 16.3 Å². The Balaban J connectivity index is 1.98. The third-order valence-corrected chi connectivity index (χ3v) is 3.87. The fourth-order valence-electron chi connectivity index (χ4n) is 1.86. The molecular weight excluding hydrogens is 294 g/mol. The Kier molecular flexibility index (Phi) is 4.69. The fraction of sp³-hybridized carbons (Fsp3) is 0.308. The van der Waals surface area contributed by atoms with Crippen LogP contribution in [-0.2, 0) is 11.8 Å². The van der Waals surface area contributed by atoms with Crippen LogP contribution in [0.5, 0.6) is 0 Å². The number of amides is 1. The molecule has 0 aliphatic rings. The summed E-state index contributed by atoms with van der Waals surface area (Å²) in [6.07, 6.45) is 0. The number of nitrogens with one attached hydrogen (secondary N) is 2. The molecule has 1 heterocycles. The summed E-state index contributed by atoms with van der Waals surface area (Å²) >= 11 is 1.24. The Morgan fingerprint density at radius 3 is 2.90 bits per heavy atom. The minimum absolute atomic E-state index is 0.0211. The summed E-state index contributed by atoms with van der Waals surface area (Å²) < 4.78 is 1.44. The maximum absolute atomic E-state index is 12.0. The van der Waals surface area contributed by atoms with E-state index < -0.39 is 5.97 Å². The van der Waals surface area contributed by atoms with E-state index in [1.54, 1.807) is 25.2 Å². The highest BCUT2D eigenvalue weighted by Gasteiger charge is 2.09. The van der Waals surface area contributed by atoms with E-state index in [9.17, 15) is 14.4 Å². The third-order valence-electron chi connectivity index (χ3n) is 2.93. The zero-order chi connectivity index (χ0) is 15.4. The SMILES string of the molecule is Cn1c(=O)[nH]c2ccc(C(=O)NCCSCC(=O)O)cc21. The van der Waals surface area contributed by atoms with E-state index in [1.807, 2.05) is 0 Å². The maximum Gasteiger partial charge on any atom is 0.326 e. The molecule has 7 nitrogen and oxygen atoms in total. The number of hydrogen-bond donors (Lipinski definition) is 3. The number of benzene rings is 1. The molecule has 112 valence electrons. The molecule has 2 aromatic rings. The maximum atomic E-state index is 12.0. The number of carboxylic acids is 1. The van der Waals surface area contributed by atoms with Crippen molar-refractivity contribution in [2.45, 2.75) is 0 Å². The number of carbonyl (C=O) groups excluding carboxylic acids is 1. The molecule has 0 bridgehead atoms. The summed E-state index contributed by atoms with van der Waals surface area (Å²) in [4.78, 5) is 36.5. The van der Waals surface area contributed by atoms with E-state index in [0.717, 1.165) is 0 Å². The number of aliphatic carboxylic acids is 1. The van der Waals surface area contributed by atoms with Crippen LogP contribution >= 0.6 is 11.8 Å². The summed E-state index contributed by atoms with van der Waals surface area (Å²) in [5.41, 5.74) is 1.57. The number of fused-ring (bicyclic) bond motifs is 1. The van der Waals surface area contributed by atoms with Gasteiger partial charge in [0.2, 0.25) is 0 Å². The zero-order valence-electron chi connectivity index (χ0n) is 11.4. The van der Waals surface area contributed by atoms with Crippen molar-refractivity contribution in [1.82, 2.24) is 14.9 Å². The van der Waals surface area contributed by atoms with Crippen molar-refractivity contribution in [3.05, 3.63) is 34.2 Å². The van der Waals surface area contributed by atoms with Crippen LogP contribution in [0.1, 0.15) is 10.4 Å². The first-order valence-electron chi connectivity index (χ1n) is 6.25. The molecule has 0 atom stereocenters. The van der Waals surface area contributed by atoms with Gasteiger partial charge in [0.1, 0.15) is 0 Å². The van der Waals surface area contributed by atoms with E-state index in [0.29, 0.717) is 28.9 Å². The van der Waals surface area contributed by atoms with E-state index in [-0.39, 0.29) is 17.3 Å². The lowest BCUT2D eigenvalue weighted by Gasteiger charge is -2.05. The van der Waals surface area contributed by atoms with E-state index >= 15 is 0 Å². The normalized spacial score (nSPS) is 10.7. The Labute approximate surface area is 124 Å². The number of imidazole rings is 1. The van der Waals surface area contributed by atoms with Crippen LogP contribution in [0.2, 0.25) is 0 Å². The molecule has 1 aromatic carbocycles. The quantitative estimate of drug-likeness (QED) is 0.671. The van der Waals surface area contributed by atoms with Crippen molar-refractivity contribution in [3.8, 4) is 0 Å². The number of hydrogen-bond acceptors (Lipinski definition) is 4. The van der Waals surface area contributed by atoms with Crippen LogP contribution in [0.15, 0.2) is 23.0 Å². The standard InChI is InChI=1S/C13H15N3O4S/c1-16-10-6-8(2-3-9(10)15-13(16)20)12(19)14-4-5-21-7-11(17)18/h2-3,6H,4-5,7H2,1H3,(H,14,19)(H,15,20)(H,17,18). The minimum atomic E-state index is -0.870. The summed E-state index contributed by atoms with van der Waals surface area (Å²) in [7, 11) is 1.63. The van der Waals surface area contributed by atoms with Crippen LogP contribution in [0.3, 0.4) is 0 Å². The topological polar surface area (TPSA) is 104 Å². The Hall–Kier alpha value is -2.22. The Morgan fingerprint density at radius 2 is 2.19 bits per heavy atom. The van der Waals surface area contributed by atoms with E-state index in [4.69, 9.17) is 5.11 Å². The third kappa shape index (κ3) is 3.66. The second kappa shape index (κ2) is 6.49. The van der Waals surface area contributed by atoms with Crippen LogP contribution in [-0.4, -0.2) is 44.6 Å². The lowest BCUT2D eigenvalue weighted by molar-refractivity contribution is -0.133. The van der Waals surface area contributed by atoms with Gasteiger partial charge in [-0.15, -0.1) is 11.8 Å². The lowest BCUT2D eigenvalue weighted by atomic mass is 10.2. The molecule has 2 rings (SSSR count). The zero-order valence-corrected chi connectivity index (χ0v) is 12.2. The average Bonchev–Trinajstić information content (AvgIpc) is 2.73. The number of aromatic amines is 1. The highest BCUT2D eigenvalue weighted by molar-refractivity contribution is 7.99. The molecule has 0 aliphatic heterocycles. The van der Waals surface area contributed by atoms with Gasteiger partial charge < -0.3 is 15.4 Å². The number of thioether (sulfide) groups is 1. The van der Waals surface area contributed by atoms with Gasteiger partial charge in [0.15, 0.2) is 0 Å². The van der Waals surface area contributed by atoms with Gasteiger partial charge in [-0.1, -0.05) is 0 Å². The van der Waals surface area contributed by atoms with Gasteiger partial charge in [0.25, 0.3) is 5.91 Å². The Morgan fingerprint density at radius 1 is 1.43 bits per heavy atom. The second-order valence-electron chi connectivity index (χ2n) is 4.42. The number of rotatable bonds is 6. The molecule has 21 heavy (non-hydrogen) atoms. The van der Waals surface area contributed by atoms with E-state index in [2.05, 4.69) is 10.3 Å². The monoisotopic (exact) mass is 309 g/mol. The average molecular weight is 309 g/mol. The van der Waals surface area contributed by atoms with Gasteiger partial charge in [-0.3, -0.25) is 14.2 Å². The fourth-order valence-corrected chi connectivity index (χ4v) is 2.43. The number of carbonyl (C=O) groups is 2. The molecule has 1 aromatic heterocycles. The van der Waals surface area contributed by atoms with Crippen LogP contribution in [0.25, 0.3) is 11.0 Å². The molecule has 8 heteroatoms. The van der Waals surface area contributed by atoms with Crippen molar-refractivity contribution in [2.24, 2.45) is 7.05 Å². The summed E-state index contributed by atoms with van der Waals surface area (Å²) in [5.74, 6) is -0.567. The number of nitrogens with zero attached hydrogens (tertiary/aromatic N) is 1. The molecule has 0 saturated carbocycles. The number of carboxylic acid groups (broad SMARTS) is 1. The van der Waals surface area contributed by atoms with Gasteiger partial charge in [0, 0.05) is 24.9 Å². The first-order chi connectivity index (χ1) is 9.99. The number of aryl methyl sites for hydroxylation is 1. The van der Waals surface area contributed by atoms with Crippen LogP contribution in [0, 0.1) is 0 Å². The molecule has 0 spiro atoms. The van der Waals surface area contributed by atoms with Crippen molar-refractivity contribution in [2.75, 3.05) is 18.1 Å². The van der Waals surface area contributed by atoms with Crippen molar-refractivity contribution in [1.29, 1.82) is 0 Å². The highest BCUT2D eigenvalue weighted by atomic mass is 32.2. The first-order valence-corrected chi connectivity index (χ1v) is 7.41. The molecule has 3 N–H and O–H groups in total. The predicted molar refractivity (Wildman–Crippen MR) is 80.8 cm³/mol. The van der Waals surface area contributed by atoms with Crippen LogP contribution in [0.4, 0.5) is 0 Å². The number of H-pyrrole nitrogens is 1. The predicted octanol–water partition coefficient (Wildman–Crippen LogP) is 0.414. The molecule has 0 radical (unpaired) electrons. The van der Waals surface area contributed by atoms with Gasteiger partial charge in [-0.2, -0.15) is 0 Å². The van der Waals surface area contributed by atoms with Gasteiger partial charge in [-0.25, -0.2) is 4.79 Å². The molecular formula is C13H15N3O4S. The molecule has 0 aliphatic carbocycles. The second-order valence-corrected chi connectivity index (χ2v) is 5.53. The molecule has 0 unspecified atom stereocenters. The van der Waals surface area contributed by atoms with Crippen LogP contribution < -0.4 is 11.0 Å². The lowest BCUT2D eigenvalue weighted by Crippen LogP contribution is -2.26. The largest absolute Gasteiger partial charge is 0.481 e. The van der Waals surface area contributed by atoms with Crippen molar-refractivity contribution < 1.29 is 14.7 Å². The summed E-state index contributed by atoms with van der Waals surface area (Å²) in [5, 5.41) is 11.2. The van der Waals surface area contributed by atoms with Crippen molar-refractivity contribution in [3.63, 3.8) is 0 Å². The molecule has 0 fully saturated rings. The summed E-state index contributed by atoms with van der Waals surface area (Å²) in [6, 6.07) is 4.97. The van der Waals surface area contributed by atoms with Gasteiger partial charge in [0.05, 0.1) is 16.8 Å². The Bertz CT molecular complexity index is 735. The highest BCUT2D eigenvalue weighted by Crippen LogP contribution is 2.12. The first kappa shape index (κ1) is 15.2. The number of aromatic nitrogens is 2. The smallest absolute Gasteiger partial charge is 0.326 e. The van der Waals surface area contributed by atoms with Gasteiger partial charge >= 0.3 is 11.7 Å². The molecule has 1 amide bonds. The summed E-state index contributed by atoms with van der Waals surface area (Å²) in [6.45, 7) is 0.390. The van der Waals surface area contributed by atoms with Gasteiger partial charge in [-0.05, 0) is 18.2 Å². The molecule has 0 saturated heterocycles.